The maximum absolute atomic E-state index is 11.8. The highest BCUT2D eigenvalue weighted by molar-refractivity contribution is 7.49. The van der Waals surface area contributed by atoms with E-state index in [1.54, 1.807) is 0 Å². The largest absolute Gasteiger partial charge is 0.483 e. The molecule has 2 bridgehead atoms. The van der Waals surface area contributed by atoms with Crippen molar-refractivity contribution in [3.63, 3.8) is 0 Å². The number of hydrogen-bond acceptors (Lipinski definition) is 12. The van der Waals surface area contributed by atoms with Crippen molar-refractivity contribution in [2.75, 3.05) is 0 Å². The molecule has 3 aliphatic rings. The summed E-state index contributed by atoms with van der Waals surface area (Å²) in [4.78, 5) is 0. The van der Waals surface area contributed by atoms with Gasteiger partial charge < -0.3 is 30.6 Å². The second-order valence-corrected chi connectivity index (χ2v) is 7.22. The molecule has 3 rings (SSSR count). The molecule has 2 aliphatic heterocycles. The second-order valence-electron chi connectivity index (χ2n) is 4.58. The highest BCUT2D eigenvalue weighted by Gasteiger charge is 2.95. The maximum Gasteiger partial charge on any atom is 0.483 e. The first-order valence-corrected chi connectivity index (χ1v) is 7.64. The van der Waals surface area contributed by atoms with Crippen LogP contribution in [0.25, 0.3) is 0 Å². The monoisotopic (exact) mass is 334 g/mol. The summed E-state index contributed by atoms with van der Waals surface area (Å²) < 4.78 is 46.8. The van der Waals surface area contributed by atoms with Gasteiger partial charge in [-0.15, -0.1) is 0 Å². The van der Waals surface area contributed by atoms with E-state index in [0.717, 1.165) is 0 Å². The van der Waals surface area contributed by atoms with Crippen LogP contribution >= 0.6 is 15.5 Å². The lowest BCUT2D eigenvalue weighted by Gasteiger charge is -2.55. The van der Waals surface area contributed by atoms with E-state index in [2.05, 4.69) is 13.6 Å². The van der Waals surface area contributed by atoms with Crippen LogP contribution < -0.4 is 0 Å². The Morgan fingerprint density at radius 1 is 0.900 bits per heavy atom. The molecule has 114 valence electrons. The van der Waals surface area contributed by atoms with Gasteiger partial charge in [-0.2, -0.15) is 0 Å². The van der Waals surface area contributed by atoms with E-state index >= 15 is 0 Å². The fourth-order valence-corrected chi connectivity index (χ4v) is 5.20. The van der Waals surface area contributed by atoms with Gasteiger partial charge in [0.05, 0.1) is 0 Å². The lowest BCUT2D eigenvalue weighted by atomic mass is 9.76. The van der Waals surface area contributed by atoms with Crippen molar-refractivity contribution >= 4 is 15.5 Å². The molecule has 1 aliphatic carbocycles. The highest BCUT2D eigenvalue weighted by Crippen LogP contribution is 2.79. The summed E-state index contributed by atoms with van der Waals surface area (Å²) in [5, 5.41) is 55.5. The third kappa shape index (κ3) is 1.12. The molecule has 6 N–H and O–H groups in total. The Morgan fingerprint density at radius 3 is 1.85 bits per heavy atom. The Bertz CT molecular complexity index is 609. The van der Waals surface area contributed by atoms with E-state index in [-0.39, 0.29) is 0 Å². The van der Waals surface area contributed by atoms with Gasteiger partial charge in [0.25, 0.3) is 22.7 Å². The van der Waals surface area contributed by atoms with Crippen LogP contribution in [0.5, 0.6) is 0 Å². The molecule has 14 heteroatoms. The van der Waals surface area contributed by atoms with Crippen molar-refractivity contribution in [2.24, 2.45) is 0 Å². The van der Waals surface area contributed by atoms with E-state index in [1.165, 1.54) is 0 Å². The quantitative estimate of drug-likeness (QED) is 0.263. The molecule has 0 radical (unpaired) electrons. The van der Waals surface area contributed by atoms with Gasteiger partial charge in [-0.1, -0.05) is 0 Å². The number of phosphoric ester groups is 1. The number of aliphatic hydroxyl groups excluding tert-OH is 2. The Morgan fingerprint density at radius 2 is 1.40 bits per heavy atom. The topological polar surface area (TPSA) is 200 Å². The number of aliphatic hydroxyl groups is 6. The van der Waals surface area contributed by atoms with Crippen LogP contribution in [0.2, 0.25) is 0 Å². The smallest absolute Gasteiger partial charge is 0.386 e. The van der Waals surface area contributed by atoms with Gasteiger partial charge in [0.1, 0.15) is 12.2 Å². The first kappa shape index (κ1) is 14.7. The summed E-state index contributed by atoms with van der Waals surface area (Å²) >= 11 is 0. The summed E-state index contributed by atoms with van der Waals surface area (Å²) in [6.45, 7) is 0. The molecule has 0 aromatic rings. The number of hydrogen-bond donors (Lipinski definition) is 6. The van der Waals surface area contributed by atoms with Crippen LogP contribution in [-0.4, -0.2) is 65.6 Å². The van der Waals surface area contributed by atoms with Gasteiger partial charge in [-0.05, 0) is 0 Å². The predicted octanol–water partition coefficient (Wildman–Crippen LogP) is -3.17. The molecule has 0 amide bonds. The summed E-state index contributed by atoms with van der Waals surface area (Å²) in [5.74, 6) is -10.7. The van der Waals surface area contributed by atoms with Crippen molar-refractivity contribution in [1.29, 1.82) is 0 Å². The van der Waals surface area contributed by atoms with Crippen LogP contribution in [0.4, 0.5) is 0 Å². The minimum absolute atomic E-state index is 2.69. The van der Waals surface area contributed by atoms with E-state index in [9.17, 15) is 44.3 Å². The third-order valence-electron chi connectivity index (χ3n) is 3.57. The summed E-state index contributed by atoms with van der Waals surface area (Å²) in [6.07, 6.45) is -5.46. The van der Waals surface area contributed by atoms with E-state index in [0.29, 0.717) is 0 Å². The van der Waals surface area contributed by atoms with Gasteiger partial charge >= 0.3 is 15.5 Å². The molecule has 2 saturated heterocycles. The fourth-order valence-electron chi connectivity index (χ4n) is 2.48. The second kappa shape index (κ2) is 3.40. The Hall–Kier alpha value is -0.230. The first-order chi connectivity index (χ1) is 8.88. The van der Waals surface area contributed by atoms with Crippen molar-refractivity contribution in [3.8, 4) is 0 Å². The first-order valence-electron chi connectivity index (χ1n) is 5.00. The van der Waals surface area contributed by atoms with Crippen molar-refractivity contribution in [2.45, 2.75) is 34.9 Å². The van der Waals surface area contributed by atoms with Crippen LogP contribution in [0, 0.1) is 0 Å². The zero-order chi connectivity index (χ0) is 15.4. The average molecular weight is 334 g/mol. The van der Waals surface area contributed by atoms with Gasteiger partial charge in [-0.3, -0.25) is 0 Å². The number of rotatable bonds is 1. The van der Waals surface area contributed by atoms with Crippen molar-refractivity contribution < 1.29 is 57.9 Å². The summed E-state index contributed by atoms with van der Waals surface area (Å²) in [5.41, 5.74) is 0. The van der Waals surface area contributed by atoms with E-state index in [4.69, 9.17) is 0 Å². The SMILES string of the molecule is O=P(=O)[C@]1(O)[C@@H](O)[C@@H](O)[C@@]2(O)OP3(=O)O[C@@]1(O)[C@]2(O)O3. The molecule has 2 heterocycles. The molecule has 7 atom stereocenters. The Labute approximate surface area is 109 Å². The predicted molar refractivity (Wildman–Crippen MR) is 51.0 cm³/mol. The van der Waals surface area contributed by atoms with Crippen LogP contribution in [-0.2, 0) is 27.3 Å². The van der Waals surface area contributed by atoms with Crippen molar-refractivity contribution in [3.05, 3.63) is 0 Å². The molecule has 0 aromatic heterocycles. The normalized spacial score (nSPS) is 64.5. The molecular weight excluding hydrogens is 326 g/mol. The molecule has 3 fully saturated rings. The molecule has 0 spiro atoms. The standard InChI is InChI=1S/C6H8O12P2/c7-1-2(8)4(10,19(13)14)6(12)5(11)3(1,9)16-20(15,17-5)18-6/h1-2,7-12H/t1-,2+,3-,4-,5-,6-,20?/m1/s1. The minimum atomic E-state index is -4.88. The molecule has 1 saturated carbocycles. The van der Waals surface area contributed by atoms with Gasteiger partial charge in [0.2, 0.25) is 0 Å². The van der Waals surface area contributed by atoms with E-state index < -0.39 is 50.4 Å². The van der Waals surface area contributed by atoms with Crippen LogP contribution in [0.3, 0.4) is 0 Å². The van der Waals surface area contributed by atoms with Crippen LogP contribution in [0.15, 0.2) is 0 Å². The lowest BCUT2D eigenvalue weighted by molar-refractivity contribution is -0.475. The molecular formula is C6H8O12P2. The van der Waals surface area contributed by atoms with Crippen molar-refractivity contribution in [1.82, 2.24) is 0 Å². The molecule has 0 aromatic carbocycles. The fraction of sp³-hybridized carbons (Fsp3) is 1.00. The average Bonchev–Trinajstić information content (AvgIpc) is 2.66. The Kier molecular flexibility index (Phi) is 2.50. The van der Waals surface area contributed by atoms with Gasteiger partial charge in [0, 0.05) is 0 Å². The number of phosphoric acid groups is 1. The Balaban J connectivity index is 2.35. The van der Waals surface area contributed by atoms with Gasteiger partial charge in [0.15, 0.2) is 0 Å². The molecule has 20 heavy (non-hydrogen) atoms. The zero-order valence-corrected chi connectivity index (χ0v) is 11.0. The van der Waals surface area contributed by atoms with E-state index in [1.807, 2.05) is 0 Å². The maximum atomic E-state index is 11.8. The van der Waals surface area contributed by atoms with Gasteiger partial charge in [-0.25, -0.2) is 27.3 Å². The number of fused-ring (bicyclic) bond motifs is 1. The van der Waals surface area contributed by atoms with Crippen LogP contribution in [0.1, 0.15) is 0 Å². The molecule has 12 nitrogen and oxygen atoms in total. The molecule has 1 unspecified atom stereocenters. The summed E-state index contributed by atoms with van der Waals surface area (Å²) in [7, 11) is -9.06. The third-order valence-corrected chi connectivity index (χ3v) is 6.18. The zero-order valence-electron chi connectivity index (χ0n) is 9.18. The minimum Gasteiger partial charge on any atom is -0.386 e. The lowest BCUT2D eigenvalue weighted by Crippen LogP contribution is -2.85. The summed E-state index contributed by atoms with van der Waals surface area (Å²) in [6, 6.07) is 0. The highest BCUT2D eigenvalue weighted by atomic mass is 31.2.